The summed E-state index contributed by atoms with van der Waals surface area (Å²) in [5.74, 6) is -0.240. The fourth-order valence-corrected chi connectivity index (χ4v) is 2.87. The second-order valence-corrected chi connectivity index (χ2v) is 5.54. The molecular weight excluding hydrogens is 242 g/mol. The maximum absolute atomic E-state index is 12.2. The van der Waals surface area contributed by atoms with Gasteiger partial charge in [0, 0.05) is 17.8 Å². The zero-order chi connectivity index (χ0) is 14.2. The van der Waals surface area contributed by atoms with Gasteiger partial charge in [-0.2, -0.15) is 0 Å². The van der Waals surface area contributed by atoms with Crippen LogP contribution in [0, 0.1) is 19.8 Å². The van der Waals surface area contributed by atoms with Gasteiger partial charge in [-0.1, -0.05) is 19.8 Å². The lowest BCUT2D eigenvalue weighted by atomic mass is 10.0. The van der Waals surface area contributed by atoms with Gasteiger partial charge in [-0.3, -0.25) is 4.79 Å². The van der Waals surface area contributed by atoms with Crippen molar-refractivity contribution in [3.8, 4) is 0 Å². The molecule has 0 amide bonds. The summed E-state index contributed by atoms with van der Waals surface area (Å²) >= 11 is 0. The zero-order valence-corrected chi connectivity index (χ0v) is 11.8. The molecule has 2 rings (SSSR count). The molecule has 0 aromatic carbocycles. The predicted octanol–water partition coefficient (Wildman–Crippen LogP) is 2.91. The Hall–Kier alpha value is -1.58. The van der Waals surface area contributed by atoms with Crippen molar-refractivity contribution in [3.05, 3.63) is 33.2 Å². The largest absolute Gasteiger partial charge is 0.478 e. The van der Waals surface area contributed by atoms with Gasteiger partial charge in [0.2, 0.25) is 0 Å². The average Bonchev–Trinajstić information content (AvgIpc) is 3.10. The number of carboxylic acid groups (broad SMARTS) is 1. The fourth-order valence-electron chi connectivity index (χ4n) is 2.87. The van der Waals surface area contributed by atoms with Crippen molar-refractivity contribution in [3.63, 3.8) is 0 Å². The van der Waals surface area contributed by atoms with E-state index in [1.807, 2.05) is 0 Å². The number of aromatic nitrogens is 1. The van der Waals surface area contributed by atoms with Crippen LogP contribution in [0.25, 0.3) is 0 Å². The third-order valence-corrected chi connectivity index (χ3v) is 4.05. The molecule has 0 aliphatic heterocycles. The van der Waals surface area contributed by atoms with Crippen molar-refractivity contribution in [1.29, 1.82) is 0 Å². The molecule has 1 aliphatic carbocycles. The first-order valence-corrected chi connectivity index (χ1v) is 6.91. The van der Waals surface area contributed by atoms with E-state index in [0.717, 1.165) is 12.8 Å². The molecule has 1 aliphatic rings. The molecule has 0 radical (unpaired) electrons. The molecule has 0 bridgehead atoms. The molecule has 1 fully saturated rings. The number of aromatic carboxylic acids is 1. The van der Waals surface area contributed by atoms with E-state index < -0.39 is 5.97 Å². The molecule has 19 heavy (non-hydrogen) atoms. The van der Waals surface area contributed by atoms with E-state index >= 15 is 0 Å². The van der Waals surface area contributed by atoms with Crippen molar-refractivity contribution >= 4 is 5.97 Å². The van der Waals surface area contributed by atoms with E-state index in [0.29, 0.717) is 17.2 Å². The zero-order valence-electron chi connectivity index (χ0n) is 11.8. The number of carboxylic acids is 1. The first kappa shape index (κ1) is 13.8. The van der Waals surface area contributed by atoms with Crippen LogP contribution in [0.3, 0.4) is 0 Å². The van der Waals surface area contributed by atoms with E-state index in [1.54, 1.807) is 18.4 Å². The van der Waals surface area contributed by atoms with Gasteiger partial charge in [-0.05, 0) is 38.2 Å². The maximum Gasteiger partial charge on any atom is 0.337 e. The standard InChI is InChI=1S/C15H21NO3/c1-4-12(8-11-5-6-11)16-10(3)14(15(18)19)9(2)7-13(16)17/h7,11-12H,4-6,8H2,1-3H3,(H,18,19). The molecule has 1 saturated carbocycles. The van der Waals surface area contributed by atoms with Gasteiger partial charge >= 0.3 is 5.97 Å². The lowest BCUT2D eigenvalue weighted by molar-refractivity contribution is 0.0693. The van der Waals surface area contributed by atoms with Crippen molar-refractivity contribution < 1.29 is 9.90 Å². The van der Waals surface area contributed by atoms with Crippen LogP contribution >= 0.6 is 0 Å². The number of pyridine rings is 1. The lowest BCUT2D eigenvalue weighted by Crippen LogP contribution is -2.29. The number of aryl methyl sites for hydroxylation is 1. The van der Waals surface area contributed by atoms with Crippen LogP contribution in [-0.4, -0.2) is 15.6 Å². The third kappa shape index (κ3) is 2.72. The normalized spacial score (nSPS) is 16.4. The molecule has 1 heterocycles. The van der Waals surface area contributed by atoms with Gasteiger partial charge in [0.1, 0.15) is 0 Å². The summed E-state index contributed by atoms with van der Waals surface area (Å²) < 4.78 is 1.69. The maximum atomic E-state index is 12.2. The van der Waals surface area contributed by atoms with Crippen LogP contribution in [0.5, 0.6) is 0 Å². The van der Waals surface area contributed by atoms with Gasteiger partial charge in [-0.15, -0.1) is 0 Å². The smallest absolute Gasteiger partial charge is 0.337 e. The molecule has 1 atom stereocenters. The van der Waals surface area contributed by atoms with Gasteiger partial charge in [0.05, 0.1) is 5.56 Å². The summed E-state index contributed by atoms with van der Waals surface area (Å²) in [6.07, 6.45) is 4.32. The van der Waals surface area contributed by atoms with E-state index in [2.05, 4.69) is 6.92 Å². The summed E-state index contributed by atoms with van der Waals surface area (Å²) in [6.45, 7) is 5.48. The number of hydrogen-bond donors (Lipinski definition) is 1. The number of nitrogens with zero attached hydrogens (tertiary/aromatic N) is 1. The second kappa shape index (κ2) is 5.19. The van der Waals surface area contributed by atoms with E-state index in [1.165, 1.54) is 18.9 Å². The SMILES string of the molecule is CCC(CC1CC1)n1c(C)c(C(=O)O)c(C)cc1=O. The summed E-state index contributed by atoms with van der Waals surface area (Å²) in [4.78, 5) is 23.5. The molecule has 4 nitrogen and oxygen atoms in total. The minimum Gasteiger partial charge on any atom is -0.478 e. The Bertz CT molecular complexity index is 555. The number of carbonyl (C=O) groups is 1. The molecule has 1 N–H and O–H groups in total. The summed E-state index contributed by atoms with van der Waals surface area (Å²) in [5.41, 5.74) is 1.33. The van der Waals surface area contributed by atoms with Gasteiger partial charge < -0.3 is 9.67 Å². The number of hydrogen-bond acceptors (Lipinski definition) is 2. The number of rotatable bonds is 5. The molecule has 1 aromatic heterocycles. The minimum absolute atomic E-state index is 0.0764. The summed E-state index contributed by atoms with van der Waals surface area (Å²) in [6, 6.07) is 1.57. The van der Waals surface area contributed by atoms with Crippen molar-refractivity contribution in [2.24, 2.45) is 5.92 Å². The van der Waals surface area contributed by atoms with Crippen LogP contribution < -0.4 is 5.56 Å². The minimum atomic E-state index is -0.954. The Labute approximate surface area is 113 Å². The lowest BCUT2D eigenvalue weighted by Gasteiger charge is -2.22. The van der Waals surface area contributed by atoms with Gasteiger partial charge in [-0.25, -0.2) is 4.79 Å². The van der Waals surface area contributed by atoms with E-state index in [4.69, 9.17) is 0 Å². The van der Waals surface area contributed by atoms with E-state index in [-0.39, 0.29) is 17.2 Å². The second-order valence-electron chi connectivity index (χ2n) is 5.54. The Balaban J connectivity index is 2.51. The Morgan fingerprint density at radius 3 is 2.58 bits per heavy atom. The van der Waals surface area contributed by atoms with Crippen molar-refractivity contribution in [2.45, 2.75) is 52.5 Å². The molecule has 1 aromatic rings. The topological polar surface area (TPSA) is 59.3 Å². The molecule has 0 saturated heterocycles. The highest BCUT2D eigenvalue weighted by Gasteiger charge is 2.27. The molecular formula is C15H21NO3. The summed E-state index contributed by atoms with van der Waals surface area (Å²) in [5, 5.41) is 9.30. The third-order valence-electron chi connectivity index (χ3n) is 4.05. The molecule has 4 heteroatoms. The Morgan fingerprint density at radius 2 is 2.11 bits per heavy atom. The van der Waals surface area contributed by atoms with Crippen LogP contribution in [0.2, 0.25) is 0 Å². The highest BCUT2D eigenvalue weighted by molar-refractivity contribution is 5.90. The predicted molar refractivity (Wildman–Crippen MR) is 73.8 cm³/mol. The molecule has 0 spiro atoms. The fraction of sp³-hybridized carbons (Fsp3) is 0.600. The molecule has 1 unspecified atom stereocenters. The molecule has 104 valence electrons. The Morgan fingerprint density at radius 1 is 1.47 bits per heavy atom. The van der Waals surface area contributed by atoms with Crippen LogP contribution in [0.15, 0.2) is 10.9 Å². The average molecular weight is 263 g/mol. The first-order valence-electron chi connectivity index (χ1n) is 6.91. The van der Waals surface area contributed by atoms with Gasteiger partial charge in [0.25, 0.3) is 5.56 Å². The van der Waals surface area contributed by atoms with Crippen LogP contribution in [-0.2, 0) is 0 Å². The van der Waals surface area contributed by atoms with Crippen LogP contribution in [0.1, 0.15) is 60.3 Å². The van der Waals surface area contributed by atoms with Gasteiger partial charge in [0.15, 0.2) is 0 Å². The monoisotopic (exact) mass is 263 g/mol. The Kier molecular flexibility index (Phi) is 3.78. The van der Waals surface area contributed by atoms with Crippen LogP contribution in [0.4, 0.5) is 0 Å². The highest BCUT2D eigenvalue weighted by atomic mass is 16.4. The van der Waals surface area contributed by atoms with E-state index in [9.17, 15) is 14.7 Å². The van der Waals surface area contributed by atoms with Crippen molar-refractivity contribution in [2.75, 3.05) is 0 Å². The summed E-state index contributed by atoms with van der Waals surface area (Å²) in [7, 11) is 0. The quantitative estimate of drug-likeness (QED) is 0.888. The highest BCUT2D eigenvalue weighted by Crippen LogP contribution is 2.38. The van der Waals surface area contributed by atoms with Crippen molar-refractivity contribution in [1.82, 2.24) is 4.57 Å². The first-order chi connectivity index (χ1) is 8.95.